The molecule has 12 amide bonds. The van der Waals surface area contributed by atoms with Crippen molar-refractivity contribution in [3.05, 3.63) is 29.8 Å². The minimum Gasteiger partial charge on any atom is -0.508 e. The van der Waals surface area contributed by atoms with Crippen LogP contribution in [0.5, 0.6) is 5.75 Å². The van der Waals surface area contributed by atoms with E-state index in [1.54, 1.807) is 0 Å². The number of unbranched alkanes of at least 4 members (excludes halogenated alkanes) is 6. The van der Waals surface area contributed by atoms with E-state index in [0.717, 1.165) is 43.4 Å². The van der Waals surface area contributed by atoms with Gasteiger partial charge in [0.05, 0.1) is 25.9 Å². The third kappa shape index (κ3) is 22.3. The average molecular weight is 1060 g/mol. The number of aromatic hydroxyl groups is 1. The SMILES string of the molecule is CC(C)CCCCCCCCCC1CC(=O)NC(CC(N)=O)C(=O)NC(Cc2ccc(O)cc2)C(=O)NC(CC(N)=O)C(=O)NC(CCC(N)=O)C(=O)N2CCCC2C(=O)NC(CC(N)=O)C(=O)NC(CO)C(=O)N1. The fourth-order valence-corrected chi connectivity index (χ4v) is 8.74. The van der Waals surface area contributed by atoms with Crippen LogP contribution in [0.25, 0.3) is 0 Å². The Morgan fingerprint density at radius 2 is 1.04 bits per heavy atom. The largest absolute Gasteiger partial charge is 0.508 e. The number of phenolic OH excluding ortho intramolecular Hbond substituents is 1. The molecule has 3 rings (SSSR count). The van der Waals surface area contributed by atoms with E-state index >= 15 is 0 Å². The number of hydrogen-bond acceptors (Lipinski definition) is 14. The topological polar surface area (TPSA) is 437 Å². The van der Waals surface area contributed by atoms with Gasteiger partial charge in [-0.05, 0) is 49.3 Å². The molecule has 0 radical (unpaired) electrons. The number of carbonyl (C=O) groups excluding carboxylic acids is 12. The van der Waals surface area contributed by atoms with Crippen LogP contribution in [0.3, 0.4) is 0 Å². The first-order valence-electron chi connectivity index (χ1n) is 25.4. The Labute approximate surface area is 435 Å². The van der Waals surface area contributed by atoms with Crippen LogP contribution in [0.15, 0.2) is 24.3 Å². The number of nitrogens with two attached hydrogens (primary N) is 4. The molecule has 26 heteroatoms. The van der Waals surface area contributed by atoms with Crippen molar-refractivity contribution in [1.29, 1.82) is 0 Å². The van der Waals surface area contributed by atoms with Crippen molar-refractivity contribution in [2.45, 2.75) is 178 Å². The highest BCUT2D eigenvalue weighted by molar-refractivity contribution is 6.00. The van der Waals surface area contributed by atoms with Gasteiger partial charge in [-0.25, -0.2) is 0 Å². The zero-order valence-corrected chi connectivity index (χ0v) is 42.7. The van der Waals surface area contributed by atoms with Crippen LogP contribution >= 0.6 is 0 Å². The third-order valence-electron chi connectivity index (χ3n) is 12.7. The summed E-state index contributed by atoms with van der Waals surface area (Å²) in [7, 11) is 0. The molecule has 2 heterocycles. The molecule has 75 heavy (non-hydrogen) atoms. The second kappa shape index (κ2) is 31.4. The van der Waals surface area contributed by atoms with E-state index in [9.17, 15) is 67.7 Å². The molecule has 0 aliphatic carbocycles. The van der Waals surface area contributed by atoms with Gasteiger partial charge in [-0.3, -0.25) is 57.5 Å². The number of nitrogens with zero attached hydrogens (tertiary/aromatic N) is 1. The van der Waals surface area contributed by atoms with Gasteiger partial charge < -0.3 is 75.3 Å². The quantitative estimate of drug-likeness (QED) is 0.0509. The molecule has 26 nitrogen and oxygen atoms in total. The van der Waals surface area contributed by atoms with Crippen molar-refractivity contribution < 1.29 is 67.7 Å². The Morgan fingerprint density at radius 1 is 0.573 bits per heavy atom. The molecule has 2 aliphatic rings. The van der Waals surface area contributed by atoms with Crippen LogP contribution < -0.4 is 60.2 Å². The van der Waals surface area contributed by atoms with E-state index in [4.69, 9.17) is 22.9 Å². The second-order valence-electron chi connectivity index (χ2n) is 19.5. The number of amides is 12. The number of primary amides is 4. The number of hydrogen-bond donors (Lipinski definition) is 13. The molecule has 1 aromatic rings. The number of benzene rings is 1. The van der Waals surface area contributed by atoms with E-state index in [-0.39, 0.29) is 38.0 Å². The highest BCUT2D eigenvalue weighted by Crippen LogP contribution is 2.21. The van der Waals surface area contributed by atoms with Gasteiger partial charge >= 0.3 is 0 Å². The fraction of sp³-hybridized carbons (Fsp3) is 0.633. The molecule has 2 saturated heterocycles. The lowest BCUT2D eigenvalue weighted by molar-refractivity contribution is -0.143. The van der Waals surface area contributed by atoms with E-state index in [1.165, 1.54) is 24.3 Å². The van der Waals surface area contributed by atoms with Crippen molar-refractivity contribution in [3.8, 4) is 5.75 Å². The predicted octanol–water partition coefficient (Wildman–Crippen LogP) is -3.23. The Balaban J connectivity index is 2.12. The van der Waals surface area contributed by atoms with E-state index in [1.807, 2.05) is 0 Å². The summed E-state index contributed by atoms with van der Waals surface area (Å²) < 4.78 is 0. The first-order chi connectivity index (χ1) is 35.5. The summed E-state index contributed by atoms with van der Waals surface area (Å²) in [5.74, 6) is -12.0. The van der Waals surface area contributed by atoms with Gasteiger partial charge in [0, 0.05) is 31.8 Å². The molecule has 416 valence electrons. The molecular weight excluding hydrogens is 981 g/mol. The van der Waals surface area contributed by atoms with Crippen LogP contribution in [0.1, 0.15) is 129 Å². The summed E-state index contributed by atoms with van der Waals surface area (Å²) in [6, 6.07) is -7.36. The first-order valence-corrected chi connectivity index (χ1v) is 25.4. The van der Waals surface area contributed by atoms with Gasteiger partial charge in [-0.15, -0.1) is 0 Å². The number of aliphatic hydroxyl groups is 1. The molecule has 8 unspecified atom stereocenters. The normalized spacial score (nSPS) is 24.0. The number of nitrogens with one attached hydrogen (secondary N) is 7. The summed E-state index contributed by atoms with van der Waals surface area (Å²) in [5.41, 5.74) is 22.2. The van der Waals surface area contributed by atoms with Gasteiger partial charge in [0.2, 0.25) is 70.9 Å². The third-order valence-corrected chi connectivity index (χ3v) is 12.7. The van der Waals surface area contributed by atoms with Crippen LogP contribution in [-0.2, 0) is 64.0 Å². The standard InChI is InChI=1S/C49H76N12O14/c1-27(2)11-8-6-4-3-5-7-9-12-29-22-42(68)55-33(23-39(51)65)44(70)57-32(21-28-14-16-30(63)17-15-28)43(69)58-34(24-40(52)66)45(71)56-31(18-19-38(50)64)49(75)61-20-10-13-37(61)48(74)59-35(25-41(53)67)46(72)60-36(26-62)47(73)54-29/h14-17,27,29,31-37,62-63H,3-13,18-26H2,1-2H3,(H2,50,64)(H2,51,65)(H2,52,66)(H2,53,67)(H,54,73)(H,55,68)(H,56,71)(H,57,70)(H,58,69)(H,59,74)(H,60,72). The lowest BCUT2D eigenvalue weighted by Gasteiger charge is -2.31. The summed E-state index contributed by atoms with van der Waals surface area (Å²) in [6.45, 7) is 3.23. The minimum absolute atomic E-state index is 0.00268. The molecule has 8 atom stereocenters. The molecular formula is C49H76N12O14. The Hall–Kier alpha value is -7.38. The lowest BCUT2D eigenvalue weighted by atomic mass is 10.0. The molecule has 17 N–H and O–H groups in total. The summed E-state index contributed by atoms with van der Waals surface area (Å²) in [4.78, 5) is 162. The minimum atomic E-state index is -1.86. The van der Waals surface area contributed by atoms with Crippen LogP contribution in [0.2, 0.25) is 0 Å². The molecule has 0 aromatic heterocycles. The van der Waals surface area contributed by atoms with Gasteiger partial charge in [0.1, 0.15) is 48.0 Å². The van der Waals surface area contributed by atoms with Crippen molar-refractivity contribution >= 4 is 70.9 Å². The number of phenols is 1. The smallest absolute Gasteiger partial charge is 0.245 e. The monoisotopic (exact) mass is 1060 g/mol. The summed E-state index contributed by atoms with van der Waals surface area (Å²) in [6.07, 6.45) is 3.40. The van der Waals surface area contributed by atoms with E-state index in [2.05, 4.69) is 51.1 Å². The maximum Gasteiger partial charge on any atom is 0.245 e. The number of fused-ring (bicyclic) bond motifs is 1. The van der Waals surface area contributed by atoms with Crippen LogP contribution in [-0.4, -0.2) is 147 Å². The van der Waals surface area contributed by atoms with Crippen molar-refractivity contribution in [2.24, 2.45) is 28.9 Å². The van der Waals surface area contributed by atoms with Crippen LogP contribution in [0.4, 0.5) is 0 Å². The fourth-order valence-electron chi connectivity index (χ4n) is 8.74. The Morgan fingerprint density at radius 3 is 1.57 bits per heavy atom. The maximum absolute atomic E-state index is 14.3. The van der Waals surface area contributed by atoms with E-state index in [0.29, 0.717) is 24.3 Å². The molecule has 0 saturated carbocycles. The summed E-state index contributed by atoms with van der Waals surface area (Å²) >= 11 is 0. The second-order valence-corrected chi connectivity index (χ2v) is 19.5. The average Bonchev–Trinajstić information content (AvgIpc) is 3.83. The Kier molecular flexibility index (Phi) is 25.9. The Bertz CT molecular complexity index is 2190. The maximum atomic E-state index is 14.3. The molecule has 1 aromatic carbocycles. The van der Waals surface area contributed by atoms with Crippen molar-refractivity contribution in [1.82, 2.24) is 42.1 Å². The van der Waals surface area contributed by atoms with E-state index < -0.39 is 164 Å². The zero-order valence-electron chi connectivity index (χ0n) is 42.7. The highest BCUT2D eigenvalue weighted by atomic mass is 16.3. The summed E-state index contributed by atoms with van der Waals surface area (Å²) in [5, 5.41) is 37.3. The van der Waals surface area contributed by atoms with Gasteiger partial charge in [0.15, 0.2) is 0 Å². The molecule has 0 bridgehead atoms. The first kappa shape index (κ1) is 61.9. The van der Waals surface area contributed by atoms with Crippen molar-refractivity contribution in [2.75, 3.05) is 13.2 Å². The molecule has 2 aliphatic heterocycles. The van der Waals surface area contributed by atoms with Gasteiger partial charge in [0.25, 0.3) is 0 Å². The predicted molar refractivity (Wildman–Crippen MR) is 268 cm³/mol. The zero-order chi connectivity index (χ0) is 55.8. The van der Waals surface area contributed by atoms with Gasteiger partial charge in [-0.1, -0.05) is 77.3 Å². The highest BCUT2D eigenvalue weighted by Gasteiger charge is 2.41. The van der Waals surface area contributed by atoms with Crippen LogP contribution in [0, 0.1) is 5.92 Å². The molecule has 2 fully saturated rings. The van der Waals surface area contributed by atoms with Gasteiger partial charge in [-0.2, -0.15) is 0 Å². The van der Waals surface area contributed by atoms with Crippen molar-refractivity contribution in [3.63, 3.8) is 0 Å². The number of aliphatic hydroxyl groups excluding tert-OH is 1. The lowest BCUT2D eigenvalue weighted by Crippen LogP contribution is -2.60. The number of rotatable bonds is 22. The number of carbonyl (C=O) groups is 12. The molecule has 0 spiro atoms.